The van der Waals surface area contributed by atoms with Gasteiger partial charge in [0.25, 0.3) is 0 Å². The average molecular weight is 223 g/mol. The van der Waals surface area contributed by atoms with Gasteiger partial charge >= 0.3 is 0 Å². The summed E-state index contributed by atoms with van der Waals surface area (Å²) in [6.45, 7) is -0.103. The summed E-state index contributed by atoms with van der Waals surface area (Å²) in [4.78, 5) is 35.4. The van der Waals surface area contributed by atoms with E-state index in [9.17, 15) is 14.4 Å². The minimum Gasteiger partial charge on any atom is -0.324 e. The molecule has 1 saturated heterocycles. The lowest BCUT2D eigenvalue weighted by Gasteiger charge is -2.27. The van der Waals surface area contributed by atoms with Gasteiger partial charge in [0.05, 0.1) is 5.92 Å². The van der Waals surface area contributed by atoms with Crippen LogP contribution in [0.25, 0.3) is 0 Å². The van der Waals surface area contributed by atoms with Gasteiger partial charge < -0.3 is 10.6 Å². The molecular formula is C10H13N3O3. The zero-order valence-electron chi connectivity index (χ0n) is 8.68. The number of carbonyl (C=O) groups is 3. The van der Waals surface area contributed by atoms with E-state index in [1.54, 1.807) is 12.2 Å². The quantitative estimate of drug-likeness (QED) is 0.412. The second-order valence-corrected chi connectivity index (χ2v) is 4.06. The average Bonchev–Trinajstić information content (AvgIpc) is 2.62. The van der Waals surface area contributed by atoms with Crippen molar-refractivity contribution in [2.45, 2.75) is 12.5 Å². The van der Waals surface area contributed by atoms with Crippen LogP contribution in [0.3, 0.4) is 0 Å². The van der Waals surface area contributed by atoms with Gasteiger partial charge in [0.15, 0.2) is 0 Å². The van der Waals surface area contributed by atoms with Crippen molar-refractivity contribution in [1.29, 1.82) is 0 Å². The molecule has 1 aliphatic carbocycles. The minimum absolute atomic E-state index is 0.0514. The molecule has 2 rings (SSSR count). The Labute approximate surface area is 92.5 Å². The topological polar surface area (TPSA) is 92.5 Å². The van der Waals surface area contributed by atoms with Crippen LogP contribution in [0, 0.1) is 5.92 Å². The lowest BCUT2D eigenvalue weighted by Crippen LogP contribution is -2.54. The Morgan fingerprint density at radius 1 is 1.31 bits per heavy atom. The highest BCUT2D eigenvalue weighted by molar-refractivity contribution is 6.02. The SMILES string of the molecule is NC1C=CC(C(=O)N2CC(=O)NC(=O)C2)C1. The van der Waals surface area contributed by atoms with E-state index in [1.807, 2.05) is 0 Å². The Balaban J connectivity index is 2.02. The molecular weight excluding hydrogens is 210 g/mol. The molecule has 0 aromatic heterocycles. The molecule has 2 atom stereocenters. The molecule has 0 radical (unpaired) electrons. The number of nitrogens with zero attached hydrogens (tertiary/aromatic N) is 1. The van der Waals surface area contributed by atoms with Crippen LogP contribution in [0.4, 0.5) is 0 Å². The van der Waals surface area contributed by atoms with Crippen molar-refractivity contribution < 1.29 is 14.4 Å². The van der Waals surface area contributed by atoms with Crippen molar-refractivity contribution in [2.24, 2.45) is 11.7 Å². The van der Waals surface area contributed by atoms with Gasteiger partial charge in [-0.1, -0.05) is 12.2 Å². The highest BCUT2D eigenvalue weighted by atomic mass is 16.2. The fourth-order valence-electron chi connectivity index (χ4n) is 1.94. The second kappa shape index (κ2) is 4.05. The van der Waals surface area contributed by atoms with E-state index in [2.05, 4.69) is 5.32 Å². The predicted molar refractivity (Wildman–Crippen MR) is 55.0 cm³/mol. The zero-order valence-corrected chi connectivity index (χ0v) is 8.68. The van der Waals surface area contributed by atoms with Crippen LogP contribution in [0.15, 0.2) is 12.2 Å². The smallest absolute Gasteiger partial charge is 0.246 e. The molecule has 3 amide bonds. The van der Waals surface area contributed by atoms with E-state index in [-0.39, 0.29) is 31.0 Å². The van der Waals surface area contributed by atoms with Crippen LogP contribution in [-0.2, 0) is 14.4 Å². The van der Waals surface area contributed by atoms with E-state index in [0.29, 0.717) is 6.42 Å². The highest BCUT2D eigenvalue weighted by Gasteiger charge is 2.32. The number of carbonyl (C=O) groups excluding carboxylic acids is 3. The maximum absolute atomic E-state index is 11.9. The fraction of sp³-hybridized carbons (Fsp3) is 0.500. The third-order valence-corrected chi connectivity index (χ3v) is 2.69. The molecule has 0 bridgehead atoms. The number of hydrogen-bond donors (Lipinski definition) is 2. The summed E-state index contributed by atoms with van der Waals surface area (Å²) in [7, 11) is 0. The number of piperazine rings is 1. The fourth-order valence-corrected chi connectivity index (χ4v) is 1.94. The minimum atomic E-state index is -0.434. The lowest BCUT2D eigenvalue weighted by atomic mass is 10.1. The highest BCUT2D eigenvalue weighted by Crippen LogP contribution is 2.19. The first-order chi connectivity index (χ1) is 7.56. The first kappa shape index (κ1) is 10.8. The van der Waals surface area contributed by atoms with Gasteiger partial charge in [0, 0.05) is 6.04 Å². The van der Waals surface area contributed by atoms with Crippen molar-refractivity contribution in [2.75, 3.05) is 13.1 Å². The molecule has 0 saturated carbocycles. The maximum Gasteiger partial charge on any atom is 0.246 e. The van der Waals surface area contributed by atoms with Crippen molar-refractivity contribution >= 4 is 17.7 Å². The van der Waals surface area contributed by atoms with Gasteiger partial charge in [-0.25, -0.2) is 0 Å². The first-order valence-corrected chi connectivity index (χ1v) is 5.11. The molecule has 0 spiro atoms. The third-order valence-electron chi connectivity index (χ3n) is 2.69. The molecule has 0 aromatic rings. The second-order valence-electron chi connectivity index (χ2n) is 4.06. The Hall–Kier alpha value is -1.69. The molecule has 6 heteroatoms. The largest absolute Gasteiger partial charge is 0.324 e. The Morgan fingerprint density at radius 2 is 1.94 bits per heavy atom. The summed E-state index contributed by atoms with van der Waals surface area (Å²) >= 11 is 0. The standard InChI is InChI=1S/C10H13N3O3/c11-7-2-1-6(3-7)10(16)13-4-8(14)12-9(15)5-13/h1-2,6-7H,3-5,11H2,(H,12,14,15). The summed E-state index contributed by atoms with van der Waals surface area (Å²) in [5, 5.41) is 2.15. The summed E-state index contributed by atoms with van der Waals surface area (Å²) in [5.74, 6) is -1.37. The number of amides is 3. The van der Waals surface area contributed by atoms with Crippen molar-refractivity contribution in [3.63, 3.8) is 0 Å². The normalized spacial score (nSPS) is 29.4. The van der Waals surface area contributed by atoms with E-state index < -0.39 is 11.8 Å². The Kier molecular flexibility index (Phi) is 2.74. The lowest BCUT2D eigenvalue weighted by molar-refractivity contribution is -0.146. The van der Waals surface area contributed by atoms with E-state index in [0.717, 1.165) is 0 Å². The summed E-state index contributed by atoms with van der Waals surface area (Å²) in [6, 6.07) is -0.108. The molecule has 16 heavy (non-hydrogen) atoms. The molecule has 0 aromatic carbocycles. The van der Waals surface area contributed by atoms with Gasteiger partial charge in [0.2, 0.25) is 17.7 Å². The molecule has 6 nitrogen and oxygen atoms in total. The Bertz CT molecular complexity index is 362. The van der Waals surface area contributed by atoms with Gasteiger partial charge in [-0.3, -0.25) is 19.7 Å². The van der Waals surface area contributed by atoms with Crippen molar-refractivity contribution in [1.82, 2.24) is 10.2 Å². The van der Waals surface area contributed by atoms with Gasteiger partial charge in [-0.15, -0.1) is 0 Å². The Morgan fingerprint density at radius 3 is 2.44 bits per heavy atom. The predicted octanol–water partition coefficient (Wildman–Crippen LogP) is -1.63. The van der Waals surface area contributed by atoms with E-state index in [1.165, 1.54) is 4.90 Å². The number of imide groups is 1. The van der Waals surface area contributed by atoms with Gasteiger partial charge in [-0.2, -0.15) is 0 Å². The molecule has 86 valence electrons. The first-order valence-electron chi connectivity index (χ1n) is 5.11. The molecule has 1 fully saturated rings. The maximum atomic E-state index is 11.9. The third kappa shape index (κ3) is 2.11. The van der Waals surface area contributed by atoms with E-state index in [4.69, 9.17) is 5.73 Å². The van der Waals surface area contributed by atoms with Crippen molar-refractivity contribution in [3.8, 4) is 0 Å². The molecule has 3 N–H and O–H groups in total. The van der Waals surface area contributed by atoms with Crippen LogP contribution in [0.5, 0.6) is 0 Å². The summed E-state index contributed by atoms with van der Waals surface area (Å²) < 4.78 is 0. The van der Waals surface area contributed by atoms with Crippen LogP contribution in [0.2, 0.25) is 0 Å². The van der Waals surface area contributed by atoms with E-state index >= 15 is 0 Å². The number of nitrogens with one attached hydrogen (secondary N) is 1. The van der Waals surface area contributed by atoms with Crippen LogP contribution < -0.4 is 11.1 Å². The van der Waals surface area contributed by atoms with Crippen molar-refractivity contribution in [3.05, 3.63) is 12.2 Å². The van der Waals surface area contributed by atoms with Crippen LogP contribution >= 0.6 is 0 Å². The molecule has 2 unspecified atom stereocenters. The van der Waals surface area contributed by atoms with Crippen LogP contribution in [-0.4, -0.2) is 41.8 Å². The number of rotatable bonds is 1. The summed E-state index contributed by atoms with van der Waals surface area (Å²) in [5.41, 5.74) is 5.64. The zero-order chi connectivity index (χ0) is 11.7. The molecule has 2 aliphatic rings. The number of hydrogen-bond acceptors (Lipinski definition) is 4. The molecule has 1 aliphatic heterocycles. The van der Waals surface area contributed by atoms with Gasteiger partial charge in [0.1, 0.15) is 13.1 Å². The number of nitrogens with two attached hydrogens (primary N) is 1. The monoisotopic (exact) mass is 223 g/mol. The summed E-state index contributed by atoms with van der Waals surface area (Å²) in [6.07, 6.45) is 4.06. The van der Waals surface area contributed by atoms with Gasteiger partial charge in [-0.05, 0) is 6.42 Å². The van der Waals surface area contributed by atoms with Crippen LogP contribution in [0.1, 0.15) is 6.42 Å². The molecule has 1 heterocycles.